The fourth-order valence-corrected chi connectivity index (χ4v) is 2.76. The Kier molecular flexibility index (Phi) is 4.26. The van der Waals surface area contributed by atoms with E-state index in [-0.39, 0.29) is 11.7 Å². The number of nitriles is 1. The summed E-state index contributed by atoms with van der Waals surface area (Å²) in [6.45, 7) is 1.91. The van der Waals surface area contributed by atoms with E-state index in [0.717, 1.165) is 22.4 Å². The molecule has 0 aliphatic carbocycles. The summed E-state index contributed by atoms with van der Waals surface area (Å²) in [6.07, 6.45) is 0. The van der Waals surface area contributed by atoms with Crippen LogP contribution in [0.25, 0.3) is 22.4 Å². The fraction of sp³-hybridized carbons (Fsp3) is 0.100. The highest BCUT2D eigenvalue weighted by Crippen LogP contribution is 2.37. The van der Waals surface area contributed by atoms with Crippen LogP contribution in [0.4, 0.5) is 4.39 Å². The van der Waals surface area contributed by atoms with Crippen molar-refractivity contribution in [2.75, 3.05) is 7.11 Å². The van der Waals surface area contributed by atoms with Crippen molar-refractivity contribution in [2.45, 2.75) is 6.92 Å². The molecule has 0 aliphatic heterocycles. The Morgan fingerprint density at radius 3 is 2.25 bits per heavy atom. The van der Waals surface area contributed by atoms with Gasteiger partial charge in [-0.05, 0) is 30.2 Å². The molecule has 24 heavy (non-hydrogen) atoms. The van der Waals surface area contributed by atoms with Crippen molar-refractivity contribution in [2.24, 2.45) is 0 Å². The largest absolute Gasteiger partial charge is 0.480 e. The van der Waals surface area contributed by atoms with Crippen LogP contribution in [0.1, 0.15) is 11.1 Å². The lowest BCUT2D eigenvalue weighted by Crippen LogP contribution is -2.01. The van der Waals surface area contributed by atoms with Crippen molar-refractivity contribution in [1.82, 2.24) is 4.98 Å². The fourth-order valence-electron chi connectivity index (χ4n) is 2.76. The molecular weight excluding hydrogens is 303 g/mol. The maximum absolute atomic E-state index is 13.3. The van der Waals surface area contributed by atoms with Gasteiger partial charge < -0.3 is 4.74 Å². The molecule has 3 aromatic rings. The van der Waals surface area contributed by atoms with Gasteiger partial charge in [0.25, 0.3) is 0 Å². The van der Waals surface area contributed by atoms with Gasteiger partial charge in [0.05, 0.1) is 12.8 Å². The lowest BCUT2D eigenvalue weighted by Gasteiger charge is -2.16. The summed E-state index contributed by atoms with van der Waals surface area (Å²) in [5.41, 5.74) is 4.34. The third-order valence-electron chi connectivity index (χ3n) is 3.89. The Morgan fingerprint density at radius 1 is 1.00 bits per heavy atom. The molecule has 0 fully saturated rings. The number of rotatable bonds is 3. The topological polar surface area (TPSA) is 45.9 Å². The summed E-state index contributed by atoms with van der Waals surface area (Å²) in [5, 5.41) is 9.59. The first kappa shape index (κ1) is 15.7. The highest BCUT2D eigenvalue weighted by Gasteiger charge is 2.20. The lowest BCUT2D eigenvalue weighted by atomic mass is 9.93. The van der Waals surface area contributed by atoms with Crippen LogP contribution in [0.2, 0.25) is 0 Å². The van der Waals surface area contributed by atoms with Crippen LogP contribution < -0.4 is 4.74 Å². The van der Waals surface area contributed by atoms with Crippen LogP contribution in [0.15, 0.2) is 54.6 Å². The second kappa shape index (κ2) is 6.51. The Balaban J connectivity index is 2.34. The number of hydrogen-bond acceptors (Lipinski definition) is 3. The van der Waals surface area contributed by atoms with Gasteiger partial charge in [-0.3, -0.25) is 0 Å². The van der Waals surface area contributed by atoms with Gasteiger partial charge in [0.2, 0.25) is 5.88 Å². The normalized spacial score (nSPS) is 10.2. The number of ether oxygens (including phenoxy) is 1. The maximum atomic E-state index is 13.3. The van der Waals surface area contributed by atoms with Gasteiger partial charge in [0.15, 0.2) is 0 Å². The third-order valence-corrected chi connectivity index (χ3v) is 3.89. The molecule has 1 aromatic heterocycles. The van der Waals surface area contributed by atoms with Crippen molar-refractivity contribution in [3.8, 4) is 34.3 Å². The van der Waals surface area contributed by atoms with E-state index in [2.05, 4.69) is 11.1 Å². The molecule has 0 atom stereocenters. The number of nitrogens with zero attached hydrogens (tertiary/aromatic N) is 2. The summed E-state index contributed by atoms with van der Waals surface area (Å²) in [6, 6.07) is 17.9. The van der Waals surface area contributed by atoms with Crippen LogP contribution in [-0.4, -0.2) is 12.1 Å². The zero-order valence-electron chi connectivity index (χ0n) is 13.4. The smallest absolute Gasteiger partial charge is 0.232 e. The van der Waals surface area contributed by atoms with Gasteiger partial charge in [0.1, 0.15) is 17.4 Å². The minimum absolute atomic E-state index is 0.265. The first-order valence-electron chi connectivity index (χ1n) is 7.45. The molecule has 2 aromatic carbocycles. The van der Waals surface area contributed by atoms with E-state index in [1.54, 1.807) is 12.1 Å². The summed E-state index contributed by atoms with van der Waals surface area (Å²) in [5.74, 6) is -0.0551. The van der Waals surface area contributed by atoms with Gasteiger partial charge in [0, 0.05) is 11.1 Å². The van der Waals surface area contributed by atoms with E-state index in [1.165, 1.54) is 19.2 Å². The molecule has 0 aliphatic rings. The molecule has 0 unspecified atom stereocenters. The third kappa shape index (κ3) is 2.72. The van der Waals surface area contributed by atoms with Gasteiger partial charge in [-0.15, -0.1) is 0 Å². The Morgan fingerprint density at radius 2 is 1.67 bits per heavy atom. The summed E-state index contributed by atoms with van der Waals surface area (Å²) in [4.78, 5) is 4.52. The first-order valence-corrected chi connectivity index (χ1v) is 7.45. The summed E-state index contributed by atoms with van der Waals surface area (Å²) in [7, 11) is 1.49. The second-order valence-corrected chi connectivity index (χ2v) is 5.33. The quantitative estimate of drug-likeness (QED) is 0.700. The number of benzene rings is 2. The molecule has 4 heteroatoms. The van der Waals surface area contributed by atoms with Crippen molar-refractivity contribution < 1.29 is 9.13 Å². The minimum Gasteiger partial charge on any atom is -0.480 e. The molecular formula is C20H15FN2O. The van der Waals surface area contributed by atoms with Gasteiger partial charge in [-0.25, -0.2) is 9.37 Å². The molecule has 0 spiro atoms. The van der Waals surface area contributed by atoms with E-state index in [0.29, 0.717) is 11.1 Å². The Bertz CT molecular complexity index is 913. The highest BCUT2D eigenvalue weighted by molar-refractivity contribution is 5.82. The van der Waals surface area contributed by atoms with Gasteiger partial charge in [-0.2, -0.15) is 5.26 Å². The first-order chi connectivity index (χ1) is 11.7. The molecule has 0 N–H and O–H groups in total. The monoisotopic (exact) mass is 318 g/mol. The molecule has 3 rings (SSSR count). The molecule has 0 bridgehead atoms. The number of hydrogen-bond donors (Lipinski definition) is 0. The standard InChI is InChI=1S/C20H15FN2O/c1-13-18(14-8-10-16(21)11-9-14)17(12-22)20(24-2)23-19(13)15-6-4-3-5-7-15/h3-11H,1-2H3. The number of methoxy groups -OCH3 is 1. The van der Waals surface area contributed by atoms with E-state index in [4.69, 9.17) is 4.74 Å². The van der Waals surface area contributed by atoms with E-state index in [9.17, 15) is 9.65 Å². The number of halogens is 1. The Labute approximate surface area is 140 Å². The molecule has 0 amide bonds. The van der Waals surface area contributed by atoms with Crippen LogP contribution in [0, 0.1) is 24.1 Å². The van der Waals surface area contributed by atoms with Crippen LogP contribution in [-0.2, 0) is 0 Å². The average molecular weight is 318 g/mol. The zero-order valence-corrected chi connectivity index (χ0v) is 13.4. The SMILES string of the molecule is COc1nc(-c2ccccc2)c(C)c(-c2ccc(F)cc2)c1C#N. The van der Waals surface area contributed by atoms with Gasteiger partial charge in [-0.1, -0.05) is 42.5 Å². The summed E-state index contributed by atoms with van der Waals surface area (Å²) >= 11 is 0. The predicted octanol–water partition coefficient (Wildman–Crippen LogP) is 4.74. The number of aromatic nitrogens is 1. The molecule has 0 saturated carbocycles. The van der Waals surface area contributed by atoms with Crippen molar-refractivity contribution in [1.29, 1.82) is 5.26 Å². The Hall–Kier alpha value is -3.19. The van der Waals surface area contributed by atoms with Crippen LogP contribution in [0.5, 0.6) is 5.88 Å². The van der Waals surface area contributed by atoms with Crippen molar-refractivity contribution >= 4 is 0 Å². The van der Waals surface area contributed by atoms with Crippen LogP contribution >= 0.6 is 0 Å². The molecule has 118 valence electrons. The minimum atomic E-state index is -0.320. The van der Waals surface area contributed by atoms with Crippen LogP contribution in [0.3, 0.4) is 0 Å². The highest BCUT2D eigenvalue weighted by atomic mass is 19.1. The van der Waals surface area contributed by atoms with Crippen molar-refractivity contribution in [3.05, 3.63) is 71.5 Å². The van der Waals surface area contributed by atoms with E-state index < -0.39 is 0 Å². The average Bonchev–Trinajstić information content (AvgIpc) is 2.63. The molecule has 3 nitrogen and oxygen atoms in total. The maximum Gasteiger partial charge on any atom is 0.232 e. The molecule has 0 saturated heterocycles. The lowest BCUT2D eigenvalue weighted by molar-refractivity contribution is 0.397. The predicted molar refractivity (Wildman–Crippen MR) is 91.1 cm³/mol. The molecule has 1 heterocycles. The van der Waals surface area contributed by atoms with E-state index in [1.807, 2.05) is 37.3 Å². The zero-order chi connectivity index (χ0) is 17.1. The second-order valence-electron chi connectivity index (χ2n) is 5.33. The van der Waals surface area contributed by atoms with E-state index >= 15 is 0 Å². The van der Waals surface area contributed by atoms with Gasteiger partial charge >= 0.3 is 0 Å². The number of pyridine rings is 1. The van der Waals surface area contributed by atoms with Crippen molar-refractivity contribution in [3.63, 3.8) is 0 Å². The molecule has 0 radical (unpaired) electrons. The summed E-state index contributed by atoms with van der Waals surface area (Å²) < 4.78 is 18.6.